The van der Waals surface area contributed by atoms with Crippen molar-refractivity contribution in [2.24, 2.45) is 0 Å². The molecule has 5 nitrogen and oxygen atoms in total. The fourth-order valence-corrected chi connectivity index (χ4v) is 2.78. The second-order valence-corrected chi connectivity index (χ2v) is 5.71. The highest BCUT2D eigenvalue weighted by atomic mass is 16.5. The number of urea groups is 1. The predicted octanol–water partition coefficient (Wildman–Crippen LogP) is 2.91. The van der Waals surface area contributed by atoms with E-state index in [0.717, 1.165) is 49.4 Å². The molecular weight excluding hydrogens is 280 g/mol. The summed E-state index contributed by atoms with van der Waals surface area (Å²) in [6, 6.07) is 4.12. The monoisotopic (exact) mass is 306 g/mol. The lowest BCUT2D eigenvalue weighted by molar-refractivity contribution is 0.157. The Kier molecular flexibility index (Phi) is 5.52. The van der Waals surface area contributed by atoms with Crippen molar-refractivity contribution in [3.63, 3.8) is 0 Å². The van der Waals surface area contributed by atoms with E-state index in [0.29, 0.717) is 6.54 Å². The van der Waals surface area contributed by atoms with Gasteiger partial charge < -0.3 is 19.3 Å². The van der Waals surface area contributed by atoms with Gasteiger partial charge in [0.1, 0.15) is 0 Å². The number of fused-ring (bicyclic) bond motifs is 1. The third-order valence-corrected chi connectivity index (χ3v) is 4.16. The number of hydrogen-bond donors (Lipinski definition) is 0. The van der Waals surface area contributed by atoms with Gasteiger partial charge in [-0.25, -0.2) is 4.79 Å². The third-order valence-electron chi connectivity index (χ3n) is 4.16. The first-order chi connectivity index (χ1) is 10.6. The Morgan fingerprint density at radius 2 is 1.86 bits per heavy atom. The summed E-state index contributed by atoms with van der Waals surface area (Å²) in [5.41, 5.74) is 2.37. The van der Waals surface area contributed by atoms with E-state index in [1.165, 1.54) is 5.56 Å². The number of benzene rings is 1. The summed E-state index contributed by atoms with van der Waals surface area (Å²) in [5, 5.41) is 0. The van der Waals surface area contributed by atoms with Crippen LogP contribution >= 0.6 is 0 Å². The van der Waals surface area contributed by atoms with Gasteiger partial charge in [-0.05, 0) is 36.1 Å². The normalized spacial score (nSPS) is 13.5. The average molecular weight is 306 g/mol. The van der Waals surface area contributed by atoms with Crippen molar-refractivity contribution in [2.45, 2.75) is 32.7 Å². The zero-order valence-electron chi connectivity index (χ0n) is 14.0. The maximum absolute atomic E-state index is 12.5. The second kappa shape index (κ2) is 7.38. The first kappa shape index (κ1) is 16.5. The number of unbranched alkanes of at least 4 members (excludes halogenated alkanes) is 1. The Morgan fingerprint density at radius 1 is 1.23 bits per heavy atom. The molecule has 5 heteroatoms. The number of carbonyl (C=O) groups excluding carboxylic acids is 1. The summed E-state index contributed by atoms with van der Waals surface area (Å²) in [7, 11) is 5.15. The van der Waals surface area contributed by atoms with Crippen LogP contribution in [0, 0.1) is 0 Å². The minimum absolute atomic E-state index is 0.105. The number of rotatable bonds is 5. The standard InChI is InChI=1S/C17H26N2O3/c1-5-6-8-18(2)17(20)19-9-7-13-10-15(21-3)16(22-4)11-14(13)12-19/h10-11H,5-9,12H2,1-4H3. The summed E-state index contributed by atoms with van der Waals surface area (Å²) < 4.78 is 10.7. The van der Waals surface area contributed by atoms with Gasteiger partial charge in [-0.1, -0.05) is 13.3 Å². The molecule has 0 unspecified atom stereocenters. The van der Waals surface area contributed by atoms with E-state index in [-0.39, 0.29) is 6.03 Å². The molecule has 0 radical (unpaired) electrons. The Morgan fingerprint density at radius 3 is 2.45 bits per heavy atom. The molecule has 2 amide bonds. The molecule has 0 spiro atoms. The molecule has 0 aromatic heterocycles. The first-order valence-electron chi connectivity index (χ1n) is 7.84. The SMILES string of the molecule is CCCCN(C)C(=O)N1CCc2cc(OC)c(OC)cc2C1. The fourth-order valence-electron chi connectivity index (χ4n) is 2.78. The second-order valence-electron chi connectivity index (χ2n) is 5.71. The molecule has 0 atom stereocenters. The third kappa shape index (κ3) is 3.46. The largest absolute Gasteiger partial charge is 0.493 e. The van der Waals surface area contributed by atoms with Crippen molar-refractivity contribution in [1.29, 1.82) is 0 Å². The van der Waals surface area contributed by atoms with Crippen molar-refractivity contribution >= 4 is 6.03 Å². The highest BCUT2D eigenvalue weighted by Crippen LogP contribution is 2.33. The lowest BCUT2D eigenvalue weighted by Crippen LogP contribution is -2.44. The molecule has 0 bridgehead atoms. The van der Waals surface area contributed by atoms with Crippen LogP contribution in [0.2, 0.25) is 0 Å². The van der Waals surface area contributed by atoms with E-state index >= 15 is 0 Å². The molecule has 0 fully saturated rings. The molecule has 1 aliphatic heterocycles. The molecule has 0 aliphatic carbocycles. The van der Waals surface area contributed by atoms with Crippen LogP contribution in [0.15, 0.2) is 12.1 Å². The van der Waals surface area contributed by atoms with Crippen LogP contribution in [0.25, 0.3) is 0 Å². The fraction of sp³-hybridized carbons (Fsp3) is 0.588. The highest BCUT2D eigenvalue weighted by Gasteiger charge is 2.24. The average Bonchev–Trinajstić information content (AvgIpc) is 2.56. The quantitative estimate of drug-likeness (QED) is 0.840. The van der Waals surface area contributed by atoms with Gasteiger partial charge in [-0.3, -0.25) is 0 Å². The highest BCUT2D eigenvalue weighted by molar-refractivity contribution is 5.74. The molecule has 2 rings (SSSR count). The van der Waals surface area contributed by atoms with Gasteiger partial charge in [-0.15, -0.1) is 0 Å². The van der Waals surface area contributed by atoms with E-state index in [9.17, 15) is 4.79 Å². The Labute approximate surface area is 132 Å². The first-order valence-corrected chi connectivity index (χ1v) is 7.84. The zero-order valence-corrected chi connectivity index (χ0v) is 14.0. The minimum atomic E-state index is 0.105. The summed E-state index contributed by atoms with van der Waals surface area (Å²) >= 11 is 0. The molecular formula is C17H26N2O3. The molecule has 22 heavy (non-hydrogen) atoms. The van der Waals surface area contributed by atoms with Crippen LogP contribution in [0.1, 0.15) is 30.9 Å². The van der Waals surface area contributed by atoms with E-state index in [1.807, 2.05) is 29.0 Å². The van der Waals surface area contributed by atoms with E-state index in [4.69, 9.17) is 9.47 Å². The van der Waals surface area contributed by atoms with Gasteiger partial charge in [0.25, 0.3) is 0 Å². The van der Waals surface area contributed by atoms with Crippen molar-refractivity contribution in [3.8, 4) is 11.5 Å². The van der Waals surface area contributed by atoms with Crippen molar-refractivity contribution in [2.75, 3.05) is 34.4 Å². The van der Waals surface area contributed by atoms with Gasteiger partial charge in [0, 0.05) is 26.7 Å². The molecule has 1 aliphatic rings. The number of ether oxygens (including phenoxy) is 2. The molecule has 1 aromatic rings. The number of nitrogens with zero attached hydrogens (tertiary/aromatic N) is 2. The van der Waals surface area contributed by atoms with E-state index in [2.05, 4.69) is 6.92 Å². The molecule has 0 saturated heterocycles. The summed E-state index contributed by atoms with van der Waals surface area (Å²) in [6.45, 7) is 4.32. The van der Waals surface area contributed by atoms with Crippen LogP contribution in [0.5, 0.6) is 11.5 Å². The Balaban J connectivity index is 2.12. The smallest absolute Gasteiger partial charge is 0.320 e. The predicted molar refractivity (Wildman–Crippen MR) is 86.6 cm³/mol. The summed E-state index contributed by atoms with van der Waals surface area (Å²) in [6.07, 6.45) is 2.98. The minimum Gasteiger partial charge on any atom is -0.493 e. The van der Waals surface area contributed by atoms with E-state index in [1.54, 1.807) is 14.2 Å². The van der Waals surface area contributed by atoms with Gasteiger partial charge in [-0.2, -0.15) is 0 Å². The summed E-state index contributed by atoms with van der Waals surface area (Å²) in [4.78, 5) is 16.2. The number of methoxy groups -OCH3 is 2. The van der Waals surface area contributed by atoms with Gasteiger partial charge in [0.05, 0.1) is 14.2 Å². The lowest BCUT2D eigenvalue weighted by atomic mass is 9.99. The maximum Gasteiger partial charge on any atom is 0.320 e. The molecule has 1 aromatic carbocycles. The van der Waals surface area contributed by atoms with Crippen molar-refractivity contribution in [3.05, 3.63) is 23.3 Å². The van der Waals surface area contributed by atoms with Crippen LogP contribution in [-0.4, -0.2) is 50.2 Å². The van der Waals surface area contributed by atoms with E-state index < -0.39 is 0 Å². The van der Waals surface area contributed by atoms with Gasteiger partial charge in [0.15, 0.2) is 11.5 Å². The molecule has 122 valence electrons. The number of amides is 2. The molecule has 0 N–H and O–H groups in total. The molecule has 1 heterocycles. The van der Waals surface area contributed by atoms with Crippen molar-refractivity contribution in [1.82, 2.24) is 9.80 Å². The van der Waals surface area contributed by atoms with Crippen LogP contribution < -0.4 is 9.47 Å². The summed E-state index contributed by atoms with van der Waals surface area (Å²) in [5.74, 6) is 1.47. The van der Waals surface area contributed by atoms with Crippen molar-refractivity contribution < 1.29 is 14.3 Å². The lowest BCUT2D eigenvalue weighted by Gasteiger charge is -2.32. The van der Waals surface area contributed by atoms with Crippen LogP contribution in [-0.2, 0) is 13.0 Å². The zero-order chi connectivity index (χ0) is 16.1. The number of hydrogen-bond acceptors (Lipinski definition) is 3. The van der Waals surface area contributed by atoms with Gasteiger partial charge >= 0.3 is 6.03 Å². The van der Waals surface area contributed by atoms with Gasteiger partial charge in [0.2, 0.25) is 0 Å². The molecule has 0 saturated carbocycles. The maximum atomic E-state index is 12.5. The number of carbonyl (C=O) groups is 1. The topological polar surface area (TPSA) is 42.0 Å². The van der Waals surface area contributed by atoms with Crippen LogP contribution in [0.4, 0.5) is 4.79 Å². The Bertz CT molecular complexity index is 531. The Hall–Kier alpha value is -1.91. The van der Waals surface area contributed by atoms with Crippen LogP contribution in [0.3, 0.4) is 0 Å².